The van der Waals surface area contributed by atoms with Gasteiger partial charge in [0, 0.05) is 29.4 Å². The minimum absolute atomic E-state index is 0.0238. The molecule has 4 rings (SSSR count). The van der Waals surface area contributed by atoms with Crippen molar-refractivity contribution in [2.45, 2.75) is 0 Å². The number of aromatic nitrogens is 3. The number of rotatable bonds is 3. The van der Waals surface area contributed by atoms with Crippen molar-refractivity contribution in [2.75, 3.05) is 0 Å². The monoisotopic (exact) mass is 313 g/mol. The van der Waals surface area contributed by atoms with Crippen molar-refractivity contribution in [1.29, 1.82) is 0 Å². The van der Waals surface area contributed by atoms with Crippen LogP contribution in [-0.4, -0.2) is 19.9 Å². The van der Waals surface area contributed by atoms with Crippen LogP contribution in [0.2, 0.25) is 0 Å². The Morgan fingerprint density at radius 3 is 2.50 bits per heavy atom. The average molecular weight is 313 g/mol. The molecule has 2 aromatic carbocycles. The van der Waals surface area contributed by atoms with Gasteiger partial charge in [0.2, 0.25) is 5.88 Å². The first kappa shape index (κ1) is 14.2. The molecule has 2 heterocycles. The lowest BCUT2D eigenvalue weighted by molar-refractivity contribution is 0.453. The number of pyridine rings is 1. The van der Waals surface area contributed by atoms with Crippen LogP contribution in [0.4, 0.5) is 0 Å². The number of aromatic hydroxyl groups is 1. The standard InChI is InChI=1S/C20H15N3O/c24-20-9-8-17(13-21-20)16-6-7-18-14-22-23(19(18)12-16)11-10-15-4-2-1-3-5-15/h1-14H,(H,21,24). The Labute approximate surface area is 139 Å². The quantitative estimate of drug-likeness (QED) is 0.608. The maximum Gasteiger partial charge on any atom is 0.210 e. The van der Waals surface area contributed by atoms with Gasteiger partial charge in [-0.05, 0) is 29.3 Å². The molecule has 24 heavy (non-hydrogen) atoms. The number of benzene rings is 2. The molecular weight excluding hydrogens is 298 g/mol. The number of fused-ring (bicyclic) bond motifs is 1. The molecule has 1 N–H and O–H groups in total. The largest absolute Gasteiger partial charge is 0.493 e. The van der Waals surface area contributed by atoms with E-state index < -0.39 is 0 Å². The van der Waals surface area contributed by atoms with Crippen LogP contribution >= 0.6 is 0 Å². The molecule has 0 radical (unpaired) electrons. The molecule has 4 nitrogen and oxygen atoms in total. The van der Waals surface area contributed by atoms with E-state index in [2.05, 4.69) is 28.3 Å². The first-order chi connectivity index (χ1) is 11.8. The maximum atomic E-state index is 9.33. The van der Waals surface area contributed by atoms with Crippen molar-refractivity contribution in [3.05, 3.63) is 78.6 Å². The van der Waals surface area contributed by atoms with Crippen LogP contribution in [0.25, 0.3) is 34.3 Å². The third-order valence-corrected chi connectivity index (χ3v) is 3.89. The van der Waals surface area contributed by atoms with E-state index in [1.54, 1.807) is 12.3 Å². The first-order valence-electron chi connectivity index (χ1n) is 7.65. The van der Waals surface area contributed by atoms with Crippen LogP contribution in [0.1, 0.15) is 5.56 Å². The van der Waals surface area contributed by atoms with Gasteiger partial charge in [-0.1, -0.05) is 42.5 Å². The zero-order valence-corrected chi connectivity index (χ0v) is 12.9. The fourth-order valence-corrected chi connectivity index (χ4v) is 2.61. The fourth-order valence-electron chi connectivity index (χ4n) is 2.61. The van der Waals surface area contributed by atoms with Crippen LogP contribution in [0.3, 0.4) is 0 Å². The van der Waals surface area contributed by atoms with Crippen LogP contribution in [0, 0.1) is 0 Å². The minimum atomic E-state index is 0.0238. The Bertz CT molecular complexity index is 1000. The van der Waals surface area contributed by atoms with E-state index in [9.17, 15) is 5.11 Å². The second-order valence-electron chi connectivity index (χ2n) is 5.49. The van der Waals surface area contributed by atoms with Crippen LogP contribution < -0.4 is 0 Å². The van der Waals surface area contributed by atoms with Gasteiger partial charge in [-0.15, -0.1) is 0 Å². The van der Waals surface area contributed by atoms with Gasteiger partial charge in [-0.3, -0.25) is 0 Å². The molecule has 0 aliphatic rings. The highest BCUT2D eigenvalue weighted by atomic mass is 16.3. The van der Waals surface area contributed by atoms with Gasteiger partial charge in [0.15, 0.2) is 0 Å². The molecule has 0 aliphatic heterocycles. The second kappa shape index (κ2) is 6.01. The summed E-state index contributed by atoms with van der Waals surface area (Å²) in [6.45, 7) is 0. The Morgan fingerprint density at radius 2 is 1.71 bits per heavy atom. The van der Waals surface area contributed by atoms with Gasteiger partial charge in [0.25, 0.3) is 0 Å². The zero-order valence-electron chi connectivity index (χ0n) is 12.9. The average Bonchev–Trinajstić information content (AvgIpc) is 3.04. The number of hydrogen-bond acceptors (Lipinski definition) is 3. The lowest BCUT2D eigenvalue weighted by atomic mass is 10.1. The predicted octanol–water partition coefficient (Wildman–Crippen LogP) is 4.43. The van der Waals surface area contributed by atoms with Crippen molar-refractivity contribution in [2.24, 2.45) is 0 Å². The highest BCUT2D eigenvalue weighted by Gasteiger charge is 2.04. The Balaban J connectivity index is 1.73. The number of hydrogen-bond donors (Lipinski definition) is 1. The van der Waals surface area contributed by atoms with Crippen molar-refractivity contribution >= 4 is 23.2 Å². The highest BCUT2D eigenvalue weighted by molar-refractivity contribution is 5.86. The molecule has 0 fully saturated rings. The summed E-state index contributed by atoms with van der Waals surface area (Å²) in [5, 5.41) is 14.8. The van der Waals surface area contributed by atoms with E-state index in [0.717, 1.165) is 27.6 Å². The Kier molecular flexibility index (Phi) is 3.56. The maximum absolute atomic E-state index is 9.33. The summed E-state index contributed by atoms with van der Waals surface area (Å²) in [7, 11) is 0. The van der Waals surface area contributed by atoms with Gasteiger partial charge in [0.05, 0.1) is 11.7 Å². The molecule has 116 valence electrons. The highest BCUT2D eigenvalue weighted by Crippen LogP contribution is 2.25. The van der Waals surface area contributed by atoms with Crippen molar-refractivity contribution in [3.63, 3.8) is 0 Å². The van der Waals surface area contributed by atoms with Gasteiger partial charge in [-0.2, -0.15) is 5.10 Å². The van der Waals surface area contributed by atoms with Crippen molar-refractivity contribution in [3.8, 4) is 17.0 Å². The Morgan fingerprint density at radius 1 is 0.875 bits per heavy atom. The molecule has 4 aromatic rings. The summed E-state index contributed by atoms with van der Waals surface area (Å²) in [6, 6.07) is 19.7. The summed E-state index contributed by atoms with van der Waals surface area (Å²) in [5.74, 6) is 0.0238. The van der Waals surface area contributed by atoms with Crippen LogP contribution in [0.15, 0.2) is 73.1 Å². The second-order valence-corrected chi connectivity index (χ2v) is 5.49. The SMILES string of the molecule is Oc1ccc(-c2ccc3cnn(C=Cc4ccccc4)c3c2)cn1. The molecule has 2 aromatic heterocycles. The van der Waals surface area contributed by atoms with E-state index in [0.29, 0.717) is 0 Å². The van der Waals surface area contributed by atoms with E-state index in [-0.39, 0.29) is 5.88 Å². The molecule has 0 bridgehead atoms. The molecule has 4 heteroatoms. The third-order valence-electron chi connectivity index (χ3n) is 3.89. The van der Waals surface area contributed by atoms with E-state index >= 15 is 0 Å². The minimum Gasteiger partial charge on any atom is -0.493 e. The van der Waals surface area contributed by atoms with Gasteiger partial charge < -0.3 is 5.11 Å². The molecular formula is C20H15N3O. The summed E-state index contributed by atoms with van der Waals surface area (Å²) >= 11 is 0. The molecule has 0 amide bonds. The van der Waals surface area contributed by atoms with Gasteiger partial charge in [0.1, 0.15) is 0 Å². The van der Waals surface area contributed by atoms with E-state index in [1.165, 1.54) is 0 Å². The molecule has 0 saturated heterocycles. The predicted molar refractivity (Wildman–Crippen MR) is 96.3 cm³/mol. The Hall–Kier alpha value is -3.40. The van der Waals surface area contributed by atoms with Gasteiger partial charge in [-0.25, -0.2) is 9.67 Å². The van der Waals surface area contributed by atoms with Crippen molar-refractivity contribution in [1.82, 2.24) is 14.8 Å². The molecule has 0 atom stereocenters. The normalized spacial score (nSPS) is 11.3. The van der Waals surface area contributed by atoms with Crippen LogP contribution in [-0.2, 0) is 0 Å². The molecule has 0 aliphatic carbocycles. The fraction of sp³-hybridized carbons (Fsp3) is 0. The summed E-state index contributed by atoms with van der Waals surface area (Å²) < 4.78 is 1.86. The lowest BCUT2D eigenvalue weighted by Crippen LogP contribution is -1.88. The van der Waals surface area contributed by atoms with E-state index in [4.69, 9.17) is 0 Å². The summed E-state index contributed by atoms with van der Waals surface area (Å²) in [4.78, 5) is 3.94. The number of nitrogens with zero attached hydrogens (tertiary/aromatic N) is 3. The van der Waals surface area contributed by atoms with Gasteiger partial charge >= 0.3 is 0 Å². The molecule has 0 spiro atoms. The lowest BCUT2D eigenvalue weighted by Gasteiger charge is -2.03. The zero-order chi connectivity index (χ0) is 16.4. The van der Waals surface area contributed by atoms with Crippen LogP contribution in [0.5, 0.6) is 5.88 Å². The topological polar surface area (TPSA) is 50.9 Å². The third kappa shape index (κ3) is 2.77. The smallest absolute Gasteiger partial charge is 0.210 e. The molecule has 0 saturated carbocycles. The summed E-state index contributed by atoms with van der Waals surface area (Å²) in [6.07, 6.45) is 7.50. The van der Waals surface area contributed by atoms with Crippen molar-refractivity contribution < 1.29 is 5.11 Å². The first-order valence-corrected chi connectivity index (χ1v) is 7.65. The summed E-state index contributed by atoms with van der Waals surface area (Å²) in [5.41, 5.74) is 4.13. The van der Waals surface area contributed by atoms with E-state index in [1.807, 2.05) is 59.6 Å². The molecule has 0 unspecified atom stereocenters.